The monoisotopic (exact) mass is 472 g/mol. The summed E-state index contributed by atoms with van der Waals surface area (Å²) in [5.74, 6) is 3.96. The summed E-state index contributed by atoms with van der Waals surface area (Å²) in [6, 6.07) is 21.3. The highest BCUT2D eigenvalue weighted by Gasteiger charge is 2.16. The smallest absolute Gasteiger partial charge is 0.348 e. The van der Waals surface area contributed by atoms with Gasteiger partial charge in [-0.1, -0.05) is 68.8 Å². The standard InChI is InChI=1S/C30H24N4O2/c1-5-15-36-24-13-14-26-25(17-24)29(21-11-9-20(10-12-21)19(2)3)33-30(35)34(26)18-23-8-6-7-22-16-27(31-4)32-28(22)23/h1,6-14,16-17,19,32H,15,18H2,2-3H3. The van der Waals surface area contributed by atoms with Crippen LogP contribution in [0.15, 0.2) is 71.5 Å². The summed E-state index contributed by atoms with van der Waals surface area (Å²) in [7, 11) is 0. The normalized spacial score (nSPS) is 11.0. The van der Waals surface area contributed by atoms with E-state index in [0.29, 0.717) is 29.7 Å². The van der Waals surface area contributed by atoms with Gasteiger partial charge in [-0.25, -0.2) is 4.79 Å². The molecule has 0 aliphatic rings. The second kappa shape index (κ2) is 9.44. The Balaban J connectivity index is 1.69. The van der Waals surface area contributed by atoms with Crippen LogP contribution in [-0.2, 0) is 6.54 Å². The number of nitrogens with one attached hydrogen (secondary N) is 1. The van der Waals surface area contributed by atoms with Crippen molar-refractivity contribution >= 4 is 27.6 Å². The van der Waals surface area contributed by atoms with Crippen molar-refractivity contribution in [2.45, 2.75) is 26.3 Å². The van der Waals surface area contributed by atoms with Crippen molar-refractivity contribution in [3.05, 3.63) is 99.8 Å². The van der Waals surface area contributed by atoms with Gasteiger partial charge in [-0.15, -0.1) is 6.42 Å². The maximum absolute atomic E-state index is 13.4. The van der Waals surface area contributed by atoms with Crippen molar-refractivity contribution < 1.29 is 4.74 Å². The molecule has 0 bridgehead atoms. The highest BCUT2D eigenvalue weighted by Crippen LogP contribution is 2.31. The molecule has 1 N–H and O–H groups in total. The third kappa shape index (κ3) is 4.21. The summed E-state index contributed by atoms with van der Waals surface area (Å²) in [4.78, 5) is 24.6. The summed E-state index contributed by atoms with van der Waals surface area (Å²) in [5, 5.41) is 1.72. The molecule has 0 aliphatic carbocycles. The SMILES string of the molecule is [C-]#[N+]c1cc2cccc(Cn3c(=O)nc(-c4ccc(C(C)C)cc4)c4cc(OCC#C)ccc43)c2[nH]1. The Morgan fingerprint density at radius 1 is 1.14 bits per heavy atom. The van der Waals surface area contributed by atoms with Crippen LogP contribution in [-0.4, -0.2) is 21.1 Å². The highest BCUT2D eigenvalue weighted by molar-refractivity contribution is 5.94. The average Bonchev–Trinajstić information content (AvgIpc) is 3.33. The first-order chi connectivity index (χ1) is 17.5. The fourth-order valence-electron chi connectivity index (χ4n) is 4.44. The third-order valence-corrected chi connectivity index (χ3v) is 6.30. The van der Waals surface area contributed by atoms with Gasteiger partial charge in [0.1, 0.15) is 17.9 Å². The van der Waals surface area contributed by atoms with Gasteiger partial charge >= 0.3 is 5.69 Å². The number of nitrogens with zero attached hydrogens (tertiary/aromatic N) is 3. The summed E-state index contributed by atoms with van der Waals surface area (Å²) < 4.78 is 7.33. The van der Waals surface area contributed by atoms with E-state index in [-0.39, 0.29) is 12.3 Å². The van der Waals surface area contributed by atoms with Crippen molar-refractivity contribution in [3.63, 3.8) is 0 Å². The average molecular weight is 473 g/mol. The molecule has 0 aliphatic heterocycles. The van der Waals surface area contributed by atoms with E-state index in [4.69, 9.17) is 17.7 Å². The number of H-pyrrole nitrogens is 1. The molecule has 0 saturated carbocycles. The molecule has 0 unspecified atom stereocenters. The Bertz CT molecular complexity index is 1730. The topological polar surface area (TPSA) is 64.3 Å². The Morgan fingerprint density at radius 2 is 1.94 bits per heavy atom. The van der Waals surface area contributed by atoms with Crippen molar-refractivity contribution in [3.8, 4) is 29.4 Å². The van der Waals surface area contributed by atoms with Crippen molar-refractivity contribution in [1.82, 2.24) is 14.5 Å². The molecule has 6 heteroatoms. The molecule has 0 atom stereocenters. The number of hydrogen-bond donors (Lipinski definition) is 1. The molecule has 3 aromatic carbocycles. The molecule has 5 rings (SSSR count). The Hall–Kier alpha value is -4.81. The number of rotatable bonds is 6. The summed E-state index contributed by atoms with van der Waals surface area (Å²) in [5.41, 5.74) is 4.79. The van der Waals surface area contributed by atoms with Gasteiger partial charge in [-0.05, 0) is 35.7 Å². The lowest BCUT2D eigenvalue weighted by atomic mass is 9.99. The second-order valence-electron chi connectivity index (χ2n) is 8.93. The van der Waals surface area contributed by atoms with E-state index in [9.17, 15) is 4.79 Å². The summed E-state index contributed by atoms with van der Waals surface area (Å²) >= 11 is 0. The highest BCUT2D eigenvalue weighted by atomic mass is 16.5. The number of benzene rings is 3. The van der Waals surface area contributed by atoms with Gasteiger partial charge in [0.05, 0.1) is 17.8 Å². The van der Waals surface area contributed by atoms with Gasteiger partial charge in [0.15, 0.2) is 0 Å². The zero-order chi connectivity index (χ0) is 25.2. The molecule has 0 radical (unpaired) electrons. The van der Waals surface area contributed by atoms with E-state index in [1.54, 1.807) is 4.57 Å². The fourth-order valence-corrected chi connectivity index (χ4v) is 4.44. The molecule has 5 aromatic rings. The van der Waals surface area contributed by atoms with E-state index in [1.807, 2.05) is 54.6 Å². The van der Waals surface area contributed by atoms with Crippen LogP contribution in [0.3, 0.4) is 0 Å². The van der Waals surface area contributed by atoms with Crippen LogP contribution in [0, 0.1) is 18.9 Å². The van der Waals surface area contributed by atoms with E-state index in [0.717, 1.165) is 32.9 Å². The quantitative estimate of drug-likeness (QED) is 0.234. The fraction of sp³-hybridized carbons (Fsp3) is 0.167. The Morgan fingerprint density at radius 3 is 2.67 bits per heavy atom. The lowest BCUT2D eigenvalue weighted by Gasteiger charge is -2.15. The zero-order valence-corrected chi connectivity index (χ0v) is 20.1. The van der Waals surface area contributed by atoms with Crippen LogP contribution < -0.4 is 10.4 Å². The van der Waals surface area contributed by atoms with Crippen LogP contribution in [0.4, 0.5) is 5.82 Å². The molecule has 176 valence electrons. The number of hydrogen-bond acceptors (Lipinski definition) is 3. The van der Waals surface area contributed by atoms with Crippen LogP contribution in [0.5, 0.6) is 5.75 Å². The number of ether oxygens (including phenoxy) is 1. The van der Waals surface area contributed by atoms with Crippen LogP contribution >= 0.6 is 0 Å². The van der Waals surface area contributed by atoms with Gasteiger partial charge < -0.3 is 14.6 Å². The van der Waals surface area contributed by atoms with E-state index < -0.39 is 0 Å². The minimum absolute atomic E-state index is 0.148. The number of para-hydroxylation sites is 1. The van der Waals surface area contributed by atoms with E-state index in [1.165, 1.54) is 5.56 Å². The molecule has 2 aromatic heterocycles. The van der Waals surface area contributed by atoms with Crippen molar-refractivity contribution in [2.24, 2.45) is 0 Å². The molecule has 0 amide bonds. The van der Waals surface area contributed by atoms with Gasteiger partial charge in [-0.2, -0.15) is 4.98 Å². The molecular formula is C30H24N4O2. The first-order valence-electron chi connectivity index (χ1n) is 11.7. The minimum Gasteiger partial charge on any atom is -0.481 e. The maximum Gasteiger partial charge on any atom is 0.348 e. The number of fused-ring (bicyclic) bond motifs is 2. The predicted octanol–water partition coefficient (Wildman–Crippen LogP) is 6.28. The molecule has 0 fully saturated rings. The molecule has 0 spiro atoms. The number of aromatic amines is 1. The Kier molecular flexibility index (Phi) is 6.02. The number of terminal acetylenes is 1. The lowest BCUT2D eigenvalue weighted by molar-refractivity contribution is 0.371. The van der Waals surface area contributed by atoms with Gasteiger partial charge in [0.25, 0.3) is 0 Å². The predicted molar refractivity (Wildman–Crippen MR) is 144 cm³/mol. The molecule has 2 heterocycles. The Labute approximate surface area is 209 Å². The van der Waals surface area contributed by atoms with Crippen LogP contribution in [0.25, 0.3) is 37.9 Å². The van der Waals surface area contributed by atoms with Crippen LogP contribution in [0.2, 0.25) is 0 Å². The molecule has 0 saturated heterocycles. The van der Waals surface area contributed by atoms with Crippen LogP contribution in [0.1, 0.15) is 30.9 Å². The first-order valence-corrected chi connectivity index (χ1v) is 11.7. The lowest BCUT2D eigenvalue weighted by Crippen LogP contribution is -2.24. The summed E-state index contributed by atoms with van der Waals surface area (Å²) in [6.45, 7) is 12.1. The van der Waals surface area contributed by atoms with Crippen molar-refractivity contribution in [1.29, 1.82) is 0 Å². The molecular weight excluding hydrogens is 448 g/mol. The second-order valence-corrected chi connectivity index (χ2v) is 8.93. The minimum atomic E-state index is -0.350. The van der Waals surface area contributed by atoms with E-state index in [2.05, 4.69) is 46.7 Å². The third-order valence-electron chi connectivity index (χ3n) is 6.30. The van der Waals surface area contributed by atoms with Gasteiger partial charge in [0.2, 0.25) is 5.82 Å². The molecule has 6 nitrogen and oxygen atoms in total. The maximum atomic E-state index is 13.4. The molecule has 36 heavy (non-hydrogen) atoms. The van der Waals surface area contributed by atoms with E-state index >= 15 is 0 Å². The van der Waals surface area contributed by atoms with Crippen molar-refractivity contribution in [2.75, 3.05) is 6.61 Å². The number of aromatic nitrogens is 3. The first kappa shape index (κ1) is 23.0. The van der Waals surface area contributed by atoms with Gasteiger partial charge in [0, 0.05) is 21.9 Å². The summed E-state index contributed by atoms with van der Waals surface area (Å²) in [6.07, 6.45) is 5.38. The zero-order valence-electron chi connectivity index (χ0n) is 20.1. The largest absolute Gasteiger partial charge is 0.481 e. The van der Waals surface area contributed by atoms with Gasteiger partial charge in [-0.3, -0.25) is 4.57 Å².